The van der Waals surface area contributed by atoms with E-state index in [9.17, 15) is 8.78 Å². The van der Waals surface area contributed by atoms with Crippen LogP contribution in [0.1, 0.15) is 31.7 Å². The second kappa shape index (κ2) is 4.41. The van der Waals surface area contributed by atoms with Crippen LogP contribution in [0.3, 0.4) is 0 Å². The predicted octanol–water partition coefficient (Wildman–Crippen LogP) is 3.72. The van der Waals surface area contributed by atoms with Gasteiger partial charge in [-0.2, -0.15) is 0 Å². The summed E-state index contributed by atoms with van der Waals surface area (Å²) in [6.45, 7) is 2.78. The zero-order chi connectivity index (χ0) is 11.8. The van der Waals surface area contributed by atoms with Crippen LogP contribution in [0.2, 0.25) is 0 Å². The van der Waals surface area contributed by atoms with Crippen LogP contribution in [-0.2, 0) is 5.54 Å². The predicted molar refractivity (Wildman–Crippen MR) is 63.3 cm³/mol. The number of halogens is 3. The van der Waals surface area contributed by atoms with Gasteiger partial charge in [-0.3, -0.25) is 0 Å². The van der Waals surface area contributed by atoms with Gasteiger partial charge in [0.15, 0.2) is 0 Å². The molecule has 1 aromatic carbocycles. The van der Waals surface area contributed by atoms with E-state index in [-0.39, 0.29) is 5.56 Å². The summed E-state index contributed by atoms with van der Waals surface area (Å²) < 4.78 is 28.2. The van der Waals surface area contributed by atoms with Crippen LogP contribution in [0.5, 0.6) is 0 Å². The van der Waals surface area contributed by atoms with Gasteiger partial charge in [0.2, 0.25) is 0 Å². The maximum atomic E-state index is 14.0. The van der Waals surface area contributed by atoms with Crippen LogP contribution in [0.25, 0.3) is 0 Å². The van der Waals surface area contributed by atoms with E-state index in [1.807, 2.05) is 6.92 Å². The van der Waals surface area contributed by atoms with Gasteiger partial charge in [0.05, 0.1) is 4.47 Å². The fourth-order valence-electron chi connectivity index (χ4n) is 2.46. The van der Waals surface area contributed by atoms with Crippen LogP contribution < -0.4 is 5.32 Å². The molecule has 1 heterocycles. The van der Waals surface area contributed by atoms with Gasteiger partial charge in [-0.05, 0) is 53.9 Å². The Kier molecular flexibility index (Phi) is 3.31. The van der Waals surface area contributed by atoms with Gasteiger partial charge in [0, 0.05) is 11.1 Å². The van der Waals surface area contributed by atoms with Crippen molar-refractivity contribution in [1.29, 1.82) is 0 Å². The van der Waals surface area contributed by atoms with Crippen molar-refractivity contribution in [3.63, 3.8) is 0 Å². The molecule has 0 aromatic heterocycles. The molecule has 1 nitrogen and oxygen atoms in total. The van der Waals surface area contributed by atoms with Gasteiger partial charge in [-0.15, -0.1) is 0 Å². The summed E-state index contributed by atoms with van der Waals surface area (Å²) in [6, 6.07) is 2.73. The summed E-state index contributed by atoms with van der Waals surface area (Å²) in [7, 11) is 0. The second-order valence-electron chi connectivity index (χ2n) is 4.18. The van der Waals surface area contributed by atoms with Crippen molar-refractivity contribution in [3.05, 3.63) is 33.8 Å². The summed E-state index contributed by atoms with van der Waals surface area (Å²) in [5.41, 5.74) is -0.348. The maximum Gasteiger partial charge on any atom is 0.145 e. The fraction of sp³-hybridized carbons (Fsp3) is 0.500. The molecule has 1 N–H and O–H groups in total. The summed E-state index contributed by atoms with van der Waals surface area (Å²) in [5.74, 6) is -0.937. The lowest BCUT2D eigenvalue weighted by Crippen LogP contribution is -2.38. The molecule has 0 spiro atoms. The van der Waals surface area contributed by atoms with Gasteiger partial charge in [-0.1, -0.05) is 6.92 Å². The molecule has 1 saturated heterocycles. The van der Waals surface area contributed by atoms with E-state index in [0.717, 1.165) is 19.4 Å². The second-order valence-corrected chi connectivity index (χ2v) is 5.04. The van der Waals surface area contributed by atoms with Crippen molar-refractivity contribution in [3.8, 4) is 0 Å². The molecule has 1 aliphatic rings. The molecule has 0 bridgehead atoms. The van der Waals surface area contributed by atoms with E-state index in [4.69, 9.17) is 0 Å². The van der Waals surface area contributed by atoms with Crippen molar-refractivity contribution in [2.24, 2.45) is 0 Å². The van der Waals surface area contributed by atoms with E-state index in [0.29, 0.717) is 10.9 Å². The number of nitrogens with one attached hydrogen (secondary N) is 1. The zero-order valence-corrected chi connectivity index (χ0v) is 10.7. The average molecular weight is 290 g/mol. The quantitative estimate of drug-likeness (QED) is 0.819. The third-order valence-corrected chi connectivity index (χ3v) is 3.98. The summed E-state index contributed by atoms with van der Waals surface area (Å²) >= 11 is 3.11. The lowest BCUT2D eigenvalue weighted by Gasteiger charge is -2.29. The molecule has 1 unspecified atom stereocenters. The minimum Gasteiger partial charge on any atom is -0.307 e. The SMILES string of the molecule is CCC1(c2c(F)ccc(Br)c2F)CCCN1. The van der Waals surface area contributed by atoms with Gasteiger partial charge in [-0.25, -0.2) is 8.78 Å². The number of rotatable bonds is 2. The lowest BCUT2D eigenvalue weighted by atomic mass is 9.85. The Morgan fingerprint density at radius 2 is 2.19 bits per heavy atom. The zero-order valence-electron chi connectivity index (χ0n) is 9.12. The smallest absolute Gasteiger partial charge is 0.145 e. The van der Waals surface area contributed by atoms with Crippen molar-refractivity contribution in [1.82, 2.24) is 5.32 Å². The fourth-order valence-corrected chi connectivity index (χ4v) is 2.79. The Labute approximate surface area is 102 Å². The minimum atomic E-state index is -0.530. The highest BCUT2D eigenvalue weighted by Crippen LogP contribution is 2.38. The van der Waals surface area contributed by atoms with Gasteiger partial charge in [0.1, 0.15) is 11.6 Å². The molecule has 88 valence electrons. The average Bonchev–Trinajstić information content (AvgIpc) is 2.74. The van der Waals surface area contributed by atoms with E-state index in [2.05, 4.69) is 21.2 Å². The highest BCUT2D eigenvalue weighted by atomic mass is 79.9. The Morgan fingerprint density at radius 1 is 1.44 bits per heavy atom. The molecule has 2 rings (SSSR count). The molecule has 0 aliphatic carbocycles. The Morgan fingerprint density at radius 3 is 2.75 bits per heavy atom. The summed E-state index contributed by atoms with van der Waals surface area (Å²) in [5, 5.41) is 3.24. The topological polar surface area (TPSA) is 12.0 Å². The van der Waals surface area contributed by atoms with E-state index in [1.165, 1.54) is 12.1 Å². The highest BCUT2D eigenvalue weighted by Gasteiger charge is 2.38. The molecular weight excluding hydrogens is 276 g/mol. The van der Waals surface area contributed by atoms with Crippen molar-refractivity contribution in [2.45, 2.75) is 31.7 Å². The van der Waals surface area contributed by atoms with Gasteiger partial charge >= 0.3 is 0 Å². The first-order valence-electron chi connectivity index (χ1n) is 5.50. The molecule has 0 amide bonds. The number of hydrogen-bond donors (Lipinski definition) is 1. The number of hydrogen-bond acceptors (Lipinski definition) is 1. The Bertz CT molecular complexity index is 400. The molecule has 4 heteroatoms. The third kappa shape index (κ3) is 1.78. The molecule has 1 atom stereocenters. The van der Waals surface area contributed by atoms with Crippen LogP contribution >= 0.6 is 15.9 Å². The first-order valence-corrected chi connectivity index (χ1v) is 6.29. The van der Waals surface area contributed by atoms with Crippen molar-refractivity contribution in [2.75, 3.05) is 6.54 Å². The van der Waals surface area contributed by atoms with Crippen molar-refractivity contribution >= 4 is 15.9 Å². The molecule has 1 aliphatic heterocycles. The van der Waals surface area contributed by atoms with Crippen LogP contribution in [0.15, 0.2) is 16.6 Å². The first kappa shape index (κ1) is 12.0. The minimum absolute atomic E-state index is 0.182. The van der Waals surface area contributed by atoms with Crippen molar-refractivity contribution < 1.29 is 8.78 Å². The first-order chi connectivity index (χ1) is 7.60. The largest absolute Gasteiger partial charge is 0.307 e. The molecular formula is C12H14BrF2N. The van der Waals surface area contributed by atoms with Crippen LogP contribution in [0, 0.1) is 11.6 Å². The van der Waals surface area contributed by atoms with Gasteiger partial charge in [0.25, 0.3) is 0 Å². The third-order valence-electron chi connectivity index (χ3n) is 3.37. The lowest BCUT2D eigenvalue weighted by molar-refractivity contribution is 0.340. The van der Waals surface area contributed by atoms with E-state index in [1.54, 1.807) is 0 Å². The van der Waals surface area contributed by atoms with Gasteiger partial charge < -0.3 is 5.32 Å². The molecule has 0 saturated carbocycles. The monoisotopic (exact) mass is 289 g/mol. The van der Waals surface area contributed by atoms with E-state index >= 15 is 0 Å². The normalized spacial score (nSPS) is 25.0. The van der Waals surface area contributed by atoms with Crippen LogP contribution in [-0.4, -0.2) is 6.54 Å². The summed E-state index contributed by atoms with van der Waals surface area (Å²) in [6.07, 6.45) is 2.43. The highest BCUT2D eigenvalue weighted by molar-refractivity contribution is 9.10. The molecule has 1 fully saturated rings. The Balaban J connectivity index is 2.57. The molecule has 0 radical (unpaired) electrons. The van der Waals surface area contributed by atoms with Crippen LogP contribution in [0.4, 0.5) is 8.78 Å². The van der Waals surface area contributed by atoms with E-state index < -0.39 is 17.2 Å². The Hall–Kier alpha value is -0.480. The molecule has 16 heavy (non-hydrogen) atoms. The standard InChI is InChI=1S/C12H14BrF2N/c1-2-12(6-3-7-16-12)10-9(14)5-4-8(13)11(10)15/h4-5,16H,2-3,6-7H2,1H3. The summed E-state index contributed by atoms with van der Waals surface area (Å²) in [4.78, 5) is 0. The molecule has 1 aromatic rings. The number of benzene rings is 1. The maximum absolute atomic E-state index is 14.0.